The molecule has 2 rings (SSSR count). The van der Waals surface area contributed by atoms with Gasteiger partial charge in [0.25, 0.3) is 0 Å². The Balaban J connectivity index is 2.11. The highest BCUT2D eigenvalue weighted by Crippen LogP contribution is 2.26. The summed E-state index contributed by atoms with van der Waals surface area (Å²) in [5.41, 5.74) is 0.509. The number of rotatable bonds is 4. The molecule has 0 aromatic heterocycles. The fourth-order valence-electron chi connectivity index (χ4n) is 2.51. The minimum atomic E-state index is -0.396. The SMILES string of the molecule is CC(C)(C(=O)Cc1ccc(Br)cc1Cl)N1CCCC1. The van der Waals surface area contributed by atoms with Crippen LogP contribution in [0, 0.1) is 0 Å². The highest BCUT2D eigenvalue weighted by Gasteiger charge is 2.35. The summed E-state index contributed by atoms with van der Waals surface area (Å²) < 4.78 is 0.938. The van der Waals surface area contributed by atoms with Crippen molar-refractivity contribution in [2.75, 3.05) is 13.1 Å². The smallest absolute Gasteiger partial charge is 0.156 e. The van der Waals surface area contributed by atoms with Gasteiger partial charge in [-0.2, -0.15) is 0 Å². The van der Waals surface area contributed by atoms with Gasteiger partial charge in [-0.1, -0.05) is 33.6 Å². The number of carbonyl (C=O) groups excluding carboxylic acids is 1. The third kappa shape index (κ3) is 3.39. The molecule has 0 unspecified atom stereocenters. The van der Waals surface area contributed by atoms with Gasteiger partial charge in [0, 0.05) is 15.9 Å². The van der Waals surface area contributed by atoms with Crippen molar-refractivity contribution in [2.24, 2.45) is 0 Å². The van der Waals surface area contributed by atoms with Gasteiger partial charge in [0.1, 0.15) is 0 Å². The molecule has 1 aromatic carbocycles. The van der Waals surface area contributed by atoms with Gasteiger partial charge >= 0.3 is 0 Å². The molecule has 1 aliphatic heterocycles. The Labute approximate surface area is 128 Å². The van der Waals surface area contributed by atoms with Crippen LogP contribution < -0.4 is 0 Å². The lowest BCUT2D eigenvalue weighted by atomic mass is 9.92. The van der Waals surface area contributed by atoms with Gasteiger partial charge in [0.15, 0.2) is 5.78 Å². The first kappa shape index (κ1) is 15.0. The van der Waals surface area contributed by atoms with Crippen LogP contribution in [-0.4, -0.2) is 29.3 Å². The summed E-state index contributed by atoms with van der Waals surface area (Å²) >= 11 is 9.57. The second-order valence-corrected chi connectivity index (χ2v) is 6.91. The summed E-state index contributed by atoms with van der Waals surface area (Å²) in [6.45, 7) is 6.08. The van der Waals surface area contributed by atoms with Gasteiger partial charge in [-0.05, 0) is 57.5 Å². The molecule has 0 radical (unpaired) electrons. The number of benzene rings is 1. The van der Waals surface area contributed by atoms with E-state index in [4.69, 9.17) is 11.6 Å². The maximum absolute atomic E-state index is 12.5. The molecule has 0 aliphatic carbocycles. The van der Waals surface area contributed by atoms with E-state index in [0.29, 0.717) is 11.4 Å². The zero-order chi connectivity index (χ0) is 14.0. The largest absolute Gasteiger partial charge is 0.297 e. The van der Waals surface area contributed by atoms with Crippen molar-refractivity contribution in [1.29, 1.82) is 0 Å². The average Bonchev–Trinajstić information content (AvgIpc) is 2.86. The Kier molecular flexibility index (Phi) is 4.70. The Morgan fingerprint density at radius 2 is 2.00 bits per heavy atom. The molecule has 2 nitrogen and oxygen atoms in total. The van der Waals surface area contributed by atoms with Crippen LogP contribution in [0.5, 0.6) is 0 Å². The molecule has 19 heavy (non-hydrogen) atoms. The number of ketones is 1. The van der Waals surface area contributed by atoms with Crippen LogP contribution in [0.25, 0.3) is 0 Å². The van der Waals surface area contributed by atoms with Crippen LogP contribution in [-0.2, 0) is 11.2 Å². The molecule has 1 fully saturated rings. The molecule has 1 saturated heterocycles. The molecule has 0 saturated carbocycles. The molecular formula is C15H19BrClNO. The van der Waals surface area contributed by atoms with E-state index in [1.807, 2.05) is 32.0 Å². The van der Waals surface area contributed by atoms with Gasteiger partial charge in [-0.15, -0.1) is 0 Å². The highest BCUT2D eigenvalue weighted by atomic mass is 79.9. The Bertz CT molecular complexity index is 481. The molecule has 1 heterocycles. The van der Waals surface area contributed by atoms with Crippen molar-refractivity contribution in [3.05, 3.63) is 33.3 Å². The number of Topliss-reactive ketones (excluding diaryl/α,β-unsaturated/α-hetero) is 1. The Hall–Kier alpha value is -0.380. The maximum atomic E-state index is 12.5. The molecule has 1 aliphatic rings. The predicted molar refractivity (Wildman–Crippen MR) is 82.7 cm³/mol. The van der Waals surface area contributed by atoms with E-state index < -0.39 is 5.54 Å². The molecule has 104 valence electrons. The van der Waals surface area contributed by atoms with Crippen molar-refractivity contribution in [1.82, 2.24) is 4.90 Å². The van der Waals surface area contributed by atoms with E-state index in [-0.39, 0.29) is 5.78 Å². The molecule has 1 aromatic rings. The summed E-state index contributed by atoms with van der Waals surface area (Å²) in [6, 6.07) is 5.69. The van der Waals surface area contributed by atoms with Crippen molar-refractivity contribution in [2.45, 2.75) is 38.6 Å². The van der Waals surface area contributed by atoms with E-state index in [1.165, 1.54) is 12.8 Å². The van der Waals surface area contributed by atoms with Crippen molar-refractivity contribution < 1.29 is 4.79 Å². The quantitative estimate of drug-likeness (QED) is 0.820. The first-order valence-corrected chi connectivity index (χ1v) is 7.80. The Morgan fingerprint density at radius 1 is 1.37 bits per heavy atom. The van der Waals surface area contributed by atoms with Crippen LogP contribution in [0.2, 0.25) is 5.02 Å². The van der Waals surface area contributed by atoms with Crippen molar-refractivity contribution in [3.63, 3.8) is 0 Å². The van der Waals surface area contributed by atoms with Crippen LogP contribution in [0.4, 0.5) is 0 Å². The van der Waals surface area contributed by atoms with Crippen LogP contribution >= 0.6 is 27.5 Å². The summed E-state index contributed by atoms with van der Waals surface area (Å²) in [4.78, 5) is 14.8. The minimum Gasteiger partial charge on any atom is -0.297 e. The molecule has 4 heteroatoms. The standard InChI is InChI=1S/C15H19BrClNO/c1-15(2,18-7-3-4-8-18)14(19)9-11-5-6-12(16)10-13(11)17/h5-6,10H,3-4,7-9H2,1-2H3. The van der Waals surface area contributed by atoms with E-state index in [0.717, 1.165) is 23.1 Å². The first-order chi connectivity index (χ1) is 8.91. The fourth-order valence-corrected chi connectivity index (χ4v) is 3.25. The third-order valence-electron chi connectivity index (χ3n) is 3.95. The lowest BCUT2D eigenvalue weighted by Gasteiger charge is -2.34. The average molecular weight is 345 g/mol. The van der Waals surface area contributed by atoms with E-state index in [1.54, 1.807) is 0 Å². The number of halogens is 2. The van der Waals surface area contributed by atoms with Gasteiger partial charge < -0.3 is 0 Å². The van der Waals surface area contributed by atoms with Crippen LogP contribution in [0.3, 0.4) is 0 Å². The van der Waals surface area contributed by atoms with E-state index in [2.05, 4.69) is 20.8 Å². The number of hydrogen-bond acceptors (Lipinski definition) is 2. The molecule has 0 atom stereocenters. The number of hydrogen-bond donors (Lipinski definition) is 0. The molecule has 0 N–H and O–H groups in total. The third-order valence-corrected chi connectivity index (χ3v) is 4.79. The molecule has 0 spiro atoms. The maximum Gasteiger partial charge on any atom is 0.156 e. The fraction of sp³-hybridized carbons (Fsp3) is 0.533. The van der Waals surface area contributed by atoms with E-state index >= 15 is 0 Å². The second kappa shape index (κ2) is 5.94. The molecular weight excluding hydrogens is 326 g/mol. The van der Waals surface area contributed by atoms with Gasteiger partial charge in [0.05, 0.1) is 5.54 Å². The zero-order valence-electron chi connectivity index (χ0n) is 11.4. The second-order valence-electron chi connectivity index (χ2n) is 5.59. The number of nitrogens with zero attached hydrogens (tertiary/aromatic N) is 1. The molecule has 0 bridgehead atoms. The van der Waals surface area contributed by atoms with Crippen LogP contribution in [0.15, 0.2) is 22.7 Å². The normalized spacial score (nSPS) is 16.8. The Morgan fingerprint density at radius 3 is 2.58 bits per heavy atom. The van der Waals surface area contributed by atoms with Crippen molar-refractivity contribution in [3.8, 4) is 0 Å². The minimum absolute atomic E-state index is 0.235. The zero-order valence-corrected chi connectivity index (χ0v) is 13.7. The topological polar surface area (TPSA) is 20.3 Å². The summed E-state index contributed by atoms with van der Waals surface area (Å²) in [6.07, 6.45) is 2.78. The van der Waals surface area contributed by atoms with Gasteiger partial charge in [-0.3, -0.25) is 9.69 Å². The summed E-state index contributed by atoms with van der Waals surface area (Å²) in [5, 5.41) is 0.653. The lowest BCUT2D eigenvalue weighted by molar-refractivity contribution is -0.128. The number of carbonyl (C=O) groups is 1. The van der Waals surface area contributed by atoms with Crippen molar-refractivity contribution >= 4 is 33.3 Å². The van der Waals surface area contributed by atoms with Gasteiger partial charge in [-0.25, -0.2) is 0 Å². The monoisotopic (exact) mass is 343 g/mol. The predicted octanol–water partition coefficient (Wildman–Crippen LogP) is 4.09. The van der Waals surface area contributed by atoms with E-state index in [9.17, 15) is 4.79 Å². The summed E-state index contributed by atoms with van der Waals surface area (Å²) in [5.74, 6) is 0.235. The van der Waals surface area contributed by atoms with Crippen LogP contribution in [0.1, 0.15) is 32.3 Å². The summed E-state index contributed by atoms with van der Waals surface area (Å²) in [7, 11) is 0. The molecule has 0 amide bonds. The first-order valence-electron chi connectivity index (χ1n) is 6.63. The van der Waals surface area contributed by atoms with Gasteiger partial charge in [0.2, 0.25) is 0 Å². The highest BCUT2D eigenvalue weighted by molar-refractivity contribution is 9.10. The number of likely N-dealkylation sites (tertiary alicyclic amines) is 1. The lowest BCUT2D eigenvalue weighted by Crippen LogP contribution is -2.49.